The van der Waals surface area contributed by atoms with Crippen molar-refractivity contribution in [2.75, 3.05) is 19.1 Å². The number of thiazole rings is 1. The molecule has 0 radical (unpaired) electrons. The predicted octanol–water partition coefficient (Wildman–Crippen LogP) is 13.0. The first-order valence-electron chi connectivity index (χ1n) is 18.0. The van der Waals surface area contributed by atoms with Crippen LogP contribution in [0.3, 0.4) is 0 Å². The van der Waals surface area contributed by atoms with E-state index >= 15 is 0 Å². The Balaban J connectivity index is 1.19. The molecule has 0 unspecified atom stereocenters. The Bertz CT molecular complexity index is 2220. The number of nitrogens with zero attached hydrogens (tertiary/aromatic N) is 2. The number of thiophene rings is 1. The molecule has 7 rings (SSSR count). The van der Waals surface area contributed by atoms with E-state index in [2.05, 4.69) is 90.7 Å². The summed E-state index contributed by atoms with van der Waals surface area (Å²) in [6.45, 7) is 2.24. The second-order valence-electron chi connectivity index (χ2n) is 12.9. The molecule has 5 aromatic carbocycles. The zero-order valence-corrected chi connectivity index (χ0v) is 31.9. The van der Waals surface area contributed by atoms with Gasteiger partial charge in [-0.3, -0.25) is 4.79 Å². The van der Waals surface area contributed by atoms with Crippen molar-refractivity contribution in [2.24, 2.45) is 0 Å². The van der Waals surface area contributed by atoms with Crippen LogP contribution in [0.2, 0.25) is 0 Å². The van der Waals surface area contributed by atoms with E-state index < -0.39 is 0 Å². The Morgan fingerprint density at radius 1 is 0.698 bits per heavy atom. The largest absolute Gasteiger partial charge is 0.497 e. The molecule has 0 aliphatic rings. The van der Waals surface area contributed by atoms with Crippen LogP contribution in [-0.4, -0.2) is 25.5 Å². The number of aryl methyl sites for hydroxylation is 1. The molecule has 0 aliphatic carbocycles. The number of carbonyl (C=O) groups excluding carboxylic acids is 1. The minimum Gasteiger partial charge on any atom is -0.497 e. The van der Waals surface area contributed by atoms with E-state index in [0.717, 1.165) is 79.8 Å². The molecule has 0 spiro atoms. The summed E-state index contributed by atoms with van der Waals surface area (Å²) in [7, 11) is 3.36. The summed E-state index contributed by atoms with van der Waals surface area (Å²) in [5.74, 6) is 1.62. The van der Waals surface area contributed by atoms with Gasteiger partial charge in [-0.25, -0.2) is 4.98 Å². The highest BCUT2D eigenvalue weighted by Crippen LogP contribution is 2.40. The molecule has 0 aliphatic heterocycles. The minimum absolute atomic E-state index is 0.675. The fourth-order valence-corrected chi connectivity index (χ4v) is 8.60. The molecule has 0 saturated carbocycles. The number of hydrogen-bond acceptors (Lipinski definition) is 7. The van der Waals surface area contributed by atoms with Crippen LogP contribution in [0.15, 0.2) is 127 Å². The van der Waals surface area contributed by atoms with Gasteiger partial charge in [0.1, 0.15) is 16.5 Å². The molecule has 5 nitrogen and oxygen atoms in total. The Morgan fingerprint density at radius 3 is 1.89 bits per heavy atom. The number of fused-ring (bicyclic) bond motifs is 1. The first-order valence-corrected chi connectivity index (χ1v) is 19.6. The zero-order valence-electron chi connectivity index (χ0n) is 30.3. The van der Waals surface area contributed by atoms with Gasteiger partial charge in [-0.05, 0) is 114 Å². The van der Waals surface area contributed by atoms with Gasteiger partial charge in [-0.2, -0.15) is 0 Å². The third kappa shape index (κ3) is 8.27. The maximum absolute atomic E-state index is 12.6. The fourth-order valence-electron chi connectivity index (χ4n) is 6.46. The molecule has 7 heteroatoms. The van der Waals surface area contributed by atoms with Gasteiger partial charge in [0.15, 0.2) is 6.29 Å². The number of unbranched alkanes of at least 4 members (excludes halogenated alkanes) is 3. The summed E-state index contributed by atoms with van der Waals surface area (Å²) < 4.78 is 12.0. The Morgan fingerprint density at radius 2 is 1.30 bits per heavy atom. The number of ether oxygens (including phenoxy) is 2. The topological polar surface area (TPSA) is 51.7 Å². The molecular formula is C46H42N2O3S2. The van der Waals surface area contributed by atoms with E-state index in [9.17, 15) is 4.79 Å². The van der Waals surface area contributed by atoms with Crippen LogP contribution in [0, 0.1) is 0 Å². The summed E-state index contributed by atoms with van der Waals surface area (Å²) in [6, 6.07) is 43.6. The highest BCUT2D eigenvalue weighted by atomic mass is 32.1. The third-order valence-electron chi connectivity index (χ3n) is 9.39. The molecule has 0 saturated heterocycles. The van der Waals surface area contributed by atoms with Gasteiger partial charge < -0.3 is 14.4 Å². The van der Waals surface area contributed by atoms with Crippen molar-refractivity contribution in [1.82, 2.24) is 4.98 Å². The van der Waals surface area contributed by atoms with E-state index in [-0.39, 0.29) is 0 Å². The van der Waals surface area contributed by atoms with Crippen LogP contribution in [-0.2, 0) is 11.2 Å². The van der Waals surface area contributed by atoms with Crippen molar-refractivity contribution < 1.29 is 14.3 Å². The molecule has 7 aromatic rings. The van der Waals surface area contributed by atoms with Crippen molar-refractivity contribution in [2.45, 2.75) is 39.0 Å². The SMILES string of the molecule is CCCCCCc1cc(-c2ccc(N(c3ccc(OC)cc3)c3ccc(OC)cc3)cc2)sc1/C=C(\C=O)c1ccc(-c2nc3ccccc3s2)cc1. The first kappa shape index (κ1) is 35.9. The maximum atomic E-state index is 12.6. The number of allylic oxidation sites excluding steroid dienone is 1. The van der Waals surface area contributed by atoms with Gasteiger partial charge in [-0.1, -0.05) is 74.7 Å². The molecule has 0 N–H and O–H groups in total. The second-order valence-corrected chi connectivity index (χ2v) is 15.0. The monoisotopic (exact) mass is 734 g/mol. The number of methoxy groups -OCH3 is 2. The summed E-state index contributed by atoms with van der Waals surface area (Å²) in [6.07, 6.45) is 8.77. The van der Waals surface area contributed by atoms with Crippen molar-refractivity contribution >= 4 is 67.9 Å². The van der Waals surface area contributed by atoms with Crippen LogP contribution >= 0.6 is 22.7 Å². The number of rotatable bonds is 15. The van der Waals surface area contributed by atoms with Gasteiger partial charge in [0.05, 0.1) is 24.4 Å². The fraction of sp³-hybridized carbons (Fsp3) is 0.174. The number of hydrogen-bond donors (Lipinski definition) is 0. The minimum atomic E-state index is 0.675. The quantitative estimate of drug-likeness (QED) is 0.0596. The maximum Gasteiger partial charge on any atom is 0.150 e. The molecule has 0 amide bonds. The van der Waals surface area contributed by atoms with Crippen molar-refractivity contribution in [3.8, 4) is 32.5 Å². The number of aldehydes is 1. The van der Waals surface area contributed by atoms with Crippen molar-refractivity contribution in [3.63, 3.8) is 0 Å². The molecule has 53 heavy (non-hydrogen) atoms. The summed E-state index contributed by atoms with van der Waals surface area (Å²) in [5, 5.41) is 0.980. The summed E-state index contributed by atoms with van der Waals surface area (Å²) in [4.78, 5) is 21.9. The Labute approximate surface area is 319 Å². The van der Waals surface area contributed by atoms with Crippen molar-refractivity contribution in [1.29, 1.82) is 0 Å². The van der Waals surface area contributed by atoms with E-state index in [1.165, 1.54) is 34.4 Å². The lowest BCUT2D eigenvalue weighted by Gasteiger charge is -2.26. The molecule has 0 atom stereocenters. The summed E-state index contributed by atoms with van der Waals surface area (Å²) >= 11 is 3.43. The average Bonchev–Trinajstić information content (AvgIpc) is 3.84. The number of aromatic nitrogens is 1. The van der Waals surface area contributed by atoms with Gasteiger partial charge in [0, 0.05) is 38.0 Å². The molecule has 2 aromatic heterocycles. The van der Waals surface area contributed by atoms with E-state index in [1.54, 1.807) is 36.9 Å². The van der Waals surface area contributed by atoms with Crippen LogP contribution in [0.1, 0.15) is 48.6 Å². The number of carbonyl (C=O) groups is 1. The lowest BCUT2D eigenvalue weighted by Crippen LogP contribution is -2.09. The Kier molecular flexibility index (Phi) is 11.4. The normalized spacial score (nSPS) is 11.5. The van der Waals surface area contributed by atoms with Crippen LogP contribution in [0.5, 0.6) is 11.5 Å². The molecule has 0 fully saturated rings. The standard InChI is InChI=1S/C46H42N2O3S2/c1-4-5-6-7-10-35-29-44(52-45(35)30-36(31-49)32-13-15-34(16-14-32)46-47-42-11-8-9-12-43(42)53-46)33-17-19-37(20-18-33)48(38-21-25-40(50-2)26-22-38)39-23-27-41(51-3)28-24-39/h8-9,11-31H,4-7,10H2,1-3H3/b36-30+. The second kappa shape index (κ2) is 16.9. The van der Waals surface area contributed by atoms with Crippen molar-refractivity contribution in [3.05, 3.63) is 143 Å². The van der Waals surface area contributed by atoms with Gasteiger partial charge in [-0.15, -0.1) is 22.7 Å². The van der Waals surface area contributed by atoms with Crippen LogP contribution < -0.4 is 14.4 Å². The number of para-hydroxylation sites is 1. The lowest BCUT2D eigenvalue weighted by atomic mass is 10.0. The number of anilines is 3. The van der Waals surface area contributed by atoms with Crippen LogP contribution in [0.25, 0.3) is 42.9 Å². The van der Waals surface area contributed by atoms with Gasteiger partial charge in [0.2, 0.25) is 0 Å². The summed E-state index contributed by atoms with van der Waals surface area (Å²) in [5.41, 5.74) is 9.15. The average molecular weight is 735 g/mol. The Hall–Kier alpha value is -5.50. The molecular weight excluding hydrogens is 693 g/mol. The molecule has 0 bridgehead atoms. The predicted molar refractivity (Wildman–Crippen MR) is 224 cm³/mol. The molecule has 266 valence electrons. The number of benzene rings is 5. The smallest absolute Gasteiger partial charge is 0.150 e. The zero-order chi connectivity index (χ0) is 36.6. The third-order valence-corrected chi connectivity index (χ3v) is 11.6. The lowest BCUT2D eigenvalue weighted by molar-refractivity contribution is -0.103. The first-order chi connectivity index (χ1) is 26.1. The van der Waals surface area contributed by atoms with E-state index in [4.69, 9.17) is 14.5 Å². The van der Waals surface area contributed by atoms with E-state index in [1.807, 2.05) is 54.6 Å². The molecule has 2 heterocycles. The van der Waals surface area contributed by atoms with E-state index in [0.29, 0.717) is 5.57 Å². The highest BCUT2D eigenvalue weighted by Gasteiger charge is 2.16. The highest BCUT2D eigenvalue weighted by molar-refractivity contribution is 7.21. The van der Waals surface area contributed by atoms with Crippen LogP contribution in [0.4, 0.5) is 17.1 Å². The van der Waals surface area contributed by atoms with Gasteiger partial charge >= 0.3 is 0 Å². The van der Waals surface area contributed by atoms with Gasteiger partial charge in [0.25, 0.3) is 0 Å².